The van der Waals surface area contributed by atoms with Crippen LogP contribution in [0, 0.1) is 6.92 Å². The van der Waals surface area contributed by atoms with Crippen molar-refractivity contribution in [3.63, 3.8) is 0 Å². The number of amides is 2. The zero-order chi connectivity index (χ0) is 14.4. The van der Waals surface area contributed by atoms with Crippen LogP contribution in [0.25, 0.3) is 0 Å². The number of carbonyl (C=O) groups is 2. The van der Waals surface area contributed by atoms with Crippen LogP contribution < -0.4 is 5.32 Å². The summed E-state index contributed by atoms with van der Waals surface area (Å²) in [6, 6.07) is 7.39. The van der Waals surface area contributed by atoms with Crippen molar-refractivity contribution in [1.82, 2.24) is 10.4 Å². The van der Waals surface area contributed by atoms with Crippen LogP contribution >= 0.6 is 0 Å². The summed E-state index contributed by atoms with van der Waals surface area (Å²) in [5.74, 6) is -0.361. The summed E-state index contributed by atoms with van der Waals surface area (Å²) in [6.45, 7) is 3.42. The van der Waals surface area contributed by atoms with Crippen LogP contribution in [0.15, 0.2) is 24.3 Å². The van der Waals surface area contributed by atoms with Gasteiger partial charge < -0.3 is 5.32 Å². The van der Waals surface area contributed by atoms with E-state index in [-0.39, 0.29) is 24.3 Å². The van der Waals surface area contributed by atoms with Crippen molar-refractivity contribution in [2.45, 2.75) is 26.3 Å². The van der Waals surface area contributed by atoms with Crippen LogP contribution in [0.5, 0.6) is 0 Å². The molecule has 0 aromatic heterocycles. The van der Waals surface area contributed by atoms with Crippen LogP contribution in [-0.2, 0) is 14.4 Å². The Bertz CT molecular complexity index is 443. The Morgan fingerprint density at radius 1 is 1.32 bits per heavy atom. The van der Waals surface area contributed by atoms with E-state index in [1.54, 1.807) is 7.05 Å². The molecule has 0 aliphatic rings. The monoisotopic (exact) mass is 264 g/mol. The SMILES string of the molecule is CON(C)C(=O)C[C@H](NC(C)=O)c1ccc(C)cc1. The van der Waals surface area contributed by atoms with Gasteiger partial charge in [0.1, 0.15) is 0 Å². The van der Waals surface area contributed by atoms with Crippen molar-refractivity contribution in [2.24, 2.45) is 0 Å². The van der Waals surface area contributed by atoms with E-state index in [0.29, 0.717) is 0 Å². The van der Waals surface area contributed by atoms with Gasteiger partial charge >= 0.3 is 0 Å². The minimum Gasteiger partial charge on any atom is -0.349 e. The Labute approximate surface area is 113 Å². The normalized spacial score (nSPS) is 11.8. The van der Waals surface area contributed by atoms with Crippen molar-refractivity contribution in [3.8, 4) is 0 Å². The van der Waals surface area contributed by atoms with E-state index < -0.39 is 0 Å². The van der Waals surface area contributed by atoms with Crippen LogP contribution in [-0.4, -0.2) is 31.0 Å². The topological polar surface area (TPSA) is 58.6 Å². The summed E-state index contributed by atoms with van der Waals surface area (Å²) in [4.78, 5) is 27.9. The predicted octanol–water partition coefficient (Wildman–Crippen LogP) is 1.58. The molecule has 0 saturated carbocycles. The lowest BCUT2D eigenvalue weighted by atomic mass is 10.0. The van der Waals surface area contributed by atoms with Crippen molar-refractivity contribution in [2.75, 3.05) is 14.2 Å². The van der Waals surface area contributed by atoms with E-state index in [0.717, 1.165) is 16.2 Å². The van der Waals surface area contributed by atoms with Gasteiger partial charge in [0.2, 0.25) is 11.8 Å². The number of hydrogen-bond donors (Lipinski definition) is 1. The fourth-order valence-corrected chi connectivity index (χ4v) is 1.70. The summed E-state index contributed by atoms with van der Waals surface area (Å²) < 4.78 is 0. The maximum atomic E-state index is 11.9. The largest absolute Gasteiger partial charge is 0.349 e. The average molecular weight is 264 g/mol. The second-order valence-electron chi connectivity index (χ2n) is 4.44. The maximum Gasteiger partial charge on any atom is 0.248 e. The highest BCUT2D eigenvalue weighted by Crippen LogP contribution is 2.18. The van der Waals surface area contributed by atoms with Crippen LogP contribution in [0.3, 0.4) is 0 Å². The number of nitrogens with zero attached hydrogens (tertiary/aromatic N) is 1. The second kappa shape index (κ2) is 6.89. The van der Waals surface area contributed by atoms with Gasteiger partial charge in [0.15, 0.2) is 0 Å². The molecule has 0 aliphatic carbocycles. The van der Waals surface area contributed by atoms with Gasteiger partial charge in [-0.05, 0) is 12.5 Å². The summed E-state index contributed by atoms with van der Waals surface area (Å²) in [7, 11) is 2.97. The number of carbonyl (C=O) groups excluding carboxylic acids is 2. The Morgan fingerprint density at radius 3 is 2.37 bits per heavy atom. The molecule has 1 rings (SSSR count). The van der Waals surface area contributed by atoms with Gasteiger partial charge in [-0.3, -0.25) is 14.4 Å². The molecule has 5 heteroatoms. The third-order valence-corrected chi connectivity index (χ3v) is 2.86. The van der Waals surface area contributed by atoms with Gasteiger partial charge in [-0.15, -0.1) is 0 Å². The molecule has 0 heterocycles. The Morgan fingerprint density at radius 2 is 1.89 bits per heavy atom. The van der Waals surface area contributed by atoms with Gasteiger partial charge in [0, 0.05) is 14.0 Å². The summed E-state index contributed by atoms with van der Waals surface area (Å²) in [5.41, 5.74) is 2.03. The molecule has 1 N–H and O–H groups in total. The molecule has 0 unspecified atom stereocenters. The summed E-state index contributed by atoms with van der Waals surface area (Å²) in [5, 5.41) is 3.94. The van der Waals surface area contributed by atoms with E-state index in [1.807, 2.05) is 31.2 Å². The first-order valence-electron chi connectivity index (χ1n) is 6.08. The van der Waals surface area contributed by atoms with E-state index in [9.17, 15) is 9.59 Å². The van der Waals surface area contributed by atoms with Gasteiger partial charge in [0.25, 0.3) is 0 Å². The minimum atomic E-state index is -0.344. The van der Waals surface area contributed by atoms with Gasteiger partial charge in [-0.1, -0.05) is 29.8 Å². The zero-order valence-electron chi connectivity index (χ0n) is 11.8. The van der Waals surface area contributed by atoms with E-state index in [2.05, 4.69) is 5.32 Å². The average Bonchev–Trinajstić information content (AvgIpc) is 2.37. The third kappa shape index (κ3) is 4.71. The standard InChI is InChI=1S/C14H20N2O3/c1-10-5-7-12(8-6-10)13(15-11(2)17)9-14(18)16(3)19-4/h5-8,13H,9H2,1-4H3,(H,15,17)/t13-/m0/s1. The summed E-state index contributed by atoms with van der Waals surface area (Å²) >= 11 is 0. The first-order chi connectivity index (χ1) is 8.93. The quantitative estimate of drug-likeness (QED) is 0.821. The molecule has 0 spiro atoms. The fourth-order valence-electron chi connectivity index (χ4n) is 1.70. The van der Waals surface area contributed by atoms with Gasteiger partial charge in [0.05, 0.1) is 19.6 Å². The van der Waals surface area contributed by atoms with Crippen LogP contribution in [0.4, 0.5) is 0 Å². The highest BCUT2D eigenvalue weighted by molar-refractivity contribution is 5.78. The smallest absolute Gasteiger partial charge is 0.248 e. The van der Waals surface area contributed by atoms with E-state index in [4.69, 9.17) is 4.84 Å². The summed E-state index contributed by atoms with van der Waals surface area (Å²) in [6.07, 6.45) is 0.160. The van der Waals surface area contributed by atoms with Crippen molar-refractivity contribution >= 4 is 11.8 Å². The highest BCUT2D eigenvalue weighted by atomic mass is 16.7. The third-order valence-electron chi connectivity index (χ3n) is 2.86. The molecule has 0 aliphatic heterocycles. The molecule has 0 radical (unpaired) electrons. The number of benzene rings is 1. The Kier molecular flexibility index (Phi) is 5.51. The molecule has 2 amide bonds. The van der Waals surface area contributed by atoms with E-state index in [1.165, 1.54) is 14.0 Å². The van der Waals surface area contributed by atoms with Crippen LogP contribution in [0.2, 0.25) is 0 Å². The Hall–Kier alpha value is -1.88. The molecule has 5 nitrogen and oxygen atoms in total. The van der Waals surface area contributed by atoms with Crippen molar-refractivity contribution < 1.29 is 14.4 Å². The first kappa shape index (κ1) is 15.2. The number of nitrogens with one attached hydrogen (secondary N) is 1. The predicted molar refractivity (Wildman–Crippen MR) is 72.1 cm³/mol. The molecule has 0 bridgehead atoms. The minimum absolute atomic E-state index is 0.160. The second-order valence-corrected chi connectivity index (χ2v) is 4.44. The lowest BCUT2D eigenvalue weighted by molar-refractivity contribution is -0.169. The maximum absolute atomic E-state index is 11.9. The molecule has 104 valence electrons. The fraction of sp³-hybridized carbons (Fsp3) is 0.429. The molecule has 0 saturated heterocycles. The van der Waals surface area contributed by atoms with Crippen LogP contribution in [0.1, 0.15) is 30.5 Å². The van der Waals surface area contributed by atoms with Gasteiger partial charge in [-0.25, -0.2) is 5.06 Å². The zero-order valence-corrected chi connectivity index (χ0v) is 11.8. The molecule has 1 aromatic rings. The van der Waals surface area contributed by atoms with E-state index >= 15 is 0 Å². The number of hydrogen-bond acceptors (Lipinski definition) is 3. The molecule has 1 atom stereocenters. The first-order valence-corrected chi connectivity index (χ1v) is 6.08. The number of hydroxylamine groups is 2. The van der Waals surface area contributed by atoms with Crippen molar-refractivity contribution in [1.29, 1.82) is 0 Å². The number of rotatable bonds is 5. The van der Waals surface area contributed by atoms with Crippen molar-refractivity contribution in [3.05, 3.63) is 35.4 Å². The number of aryl methyl sites for hydroxylation is 1. The molecule has 1 aromatic carbocycles. The highest BCUT2D eigenvalue weighted by Gasteiger charge is 2.19. The van der Waals surface area contributed by atoms with Gasteiger partial charge in [-0.2, -0.15) is 0 Å². The molecule has 0 fully saturated rings. The lowest BCUT2D eigenvalue weighted by Crippen LogP contribution is -2.33. The molecule has 19 heavy (non-hydrogen) atoms. The Balaban J connectivity index is 2.85. The lowest BCUT2D eigenvalue weighted by Gasteiger charge is -2.21. The molecular formula is C14H20N2O3. The molecular weight excluding hydrogens is 244 g/mol.